The average Bonchev–Trinajstić information content (AvgIpc) is 3.20. The van der Waals surface area contributed by atoms with Crippen molar-refractivity contribution in [3.05, 3.63) is 23.7 Å². The Kier molecular flexibility index (Phi) is 4.66. The third-order valence-corrected chi connectivity index (χ3v) is 6.11. The number of likely N-dealkylation sites (tertiary alicyclic amines) is 2. The summed E-state index contributed by atoms with van der Waals surface area (Å²) in [5.41, 5.74) is 1.89. The summed E-state index contributed by atoms with van der Waals surface area (Å²) in [7, 11) is 1.94. The number of likely N-dealkylation sites (N-methyl/N-ethyl adjacent to an activating group) is 1. The molecule has 7 heteroatoms. The molecule has 0 N–H and O–H groups in total. The van der Waals surface area contributed by atoms with Crippen LogP contribution in [0, 0.1) is 0 Å². The molecule has 2 fully saturated rings. The van der Waals surface area contributed by atoms with Crippen molar-refractivity contribution in [3.8, 4) is 0 Å². The lowest BCUT2D eigenvalue weighted by Gasteiger charge is -2.34. The van der Waals surface area contributed by atoms with Gasteiger partial charge in [0.15, 0.2) is 11.5 Å². The summed E-state index contributed by atoms with van der Waals surface area (Å²) < 4.78 is 1.95. The van der Waals surface area contributed by atoms with Gasteiger partial charge in [-0.05, 0) is 44.5 Å². The highest BCUT2D eigenvalue weighted by atomic mass is 16.2. The molecule has 2 aromatic rings. The van der Waals surface area contributed by atoms with E-state index in [1.54, 1.807) is 0 Å². The molecule has 1 amide bonds. The molecule has 27 heavy (non-hydrogen) atoms. The van der Waals surface area contributed by atoms with Crippen LogP contribution in [0.4, 0.5) is 0 Å². The van der Waals surface area contributed by atoms with Crippen LogP contribution in [0.2, 0.25) is 0 Å². The summed E-state index contributed by atoms with van der Waals surface area (Å²) in [6, 6.07) is 4.45. The molecular formula is C20H30N6O. The third-order valence-electron chi connectivity index (χ3n) is 6.11. The van der Waals surface area contributed by atoms with Crippen molar-refractivity contribution in [1.82, 2.24) is 29.6 Å². The van der Waals surface area contributed by atoms with Crippen molar-refractivity contribution in [2.45, 2.75) is 63.8 Å². The van der Waals surface area contributed by atoms with E-state index >= 15 is 0 Å². The van der Waals surface area contributed by atoms with Gasteiger partial charge in [-0.2, -0.15) is 9.61 Å². The topological polar surface area (TPSA) is 66.6 Å². The Morgan fingerprint density at radius 3 is 2.48 bits per heavy atom. The van der Waals surface area contributed by atoms with Gasteiger partial charge in [0.1, 0.15) is 0 Å². The van der Waals surface area contributed by atoms with Crippen LogP contribution in [0.3, 0.4) is 0 Å². The van der Waals surface area contributed by atoms with Crippen LogP contribution in [0.15, 0.2) is 12.1 Å². The van der Waals surface area contributed by atoms with Gasteiger partial charge in [-0.15, -0.1) is 10.2 Å². The Hall–Kier alpha value is -2.02. The maximum atomic E-state index is 11.7. The Balaban J connectivity index is 1.44. The minimum atomic E-state index is 0.00381. The molecule has 0 radical (unpaired) electrons. The van der Waals surface area contributed by atoms with Crippen LogP contribution in [0.1, 0.15) is 63.9 Å². The Bertz CT molecular complexity index is 831. The standard InChI is InChI=1S/C20H30N6O/c1-20(2,3)16-6-7-17-21-22-19(26(17)23-16)14-9-11-25(12-10-14)13-15-5-8-18(27)24(15)4/h6-7,14-15H,5,8-13H2,1-4H3. The summed E-state index contributed by atoms with van der Waals surface area (Å²) >= 11 is 0. The zero-order valence-electron chi connectivity index (χ0n) is 16.9. The molecule has 1 unspecified atom stereocenters. The molecule has 7 nitrogen and oxygen atoms in total. The predicted octanol–water partition coefficient (Wildman–Crippen LogP) is 2.22. The first kappa shape index (κ1) is 18.3. The molecule has 2 aliphatic rings. The van der Waals surface area contributed by atoms with Gasteiger partial charge in [0.25, 0.3) is 0 Å². The van der Waals surface area contributed by atoms with Gasteiger partial charge in [0.2, 0.25) is 5.91 Å². The fraction of sp³-hybridized carbons (Fsp3) is 0.700. The van der Waals surface area contributed by atoms with Crippen molar-refractivity contribution in [1.29, 1.82) is 0 Å². The van der Waals surface area contributed by atoms with Crippen LogP contribution in [0.25, 0.3) is 5.65 Å². The second-order valence-electron chi connectivity index (χ2n) is 9.07. The summed E-state index contributed by atoms with van der Waals surface area (Å²) in [4.78, 5) is 16.2. The van der Waals surface area contributed by atoms with Crippen LogP contribution >= 0.6 is 0 Å². The third kappa shape index (κ3) is 3.57. The summed E-state index contributed by atoms with van der Waals surface area (Å²) in [5, 5.41) is 13.6. The van der Waals surface area contributed by atoms with Gasteiger partial charge in [-0.1, -0.05) is 20.8 Å². The quantitative estimate of drug-likeness (QED) is 0.829. The number of amides is 1. The van der Waals surface area contributed by atoms with E-state index in [1.807, 2.05) is 22.5 Å². The summed E-state index contributed by atoms with van der Waals surface area (Å²) in [6.45, 7) is 9.59. The number of hydrogen-bond donors (Lipinski definition) is 0. The molecule has 0 spiro atoms. The minimum Gasteiger partial charge on any atom is -0.341 e. The highest BCUT2D eigenvalue weighted by Gasteiger charge is 2.31. The fourth-order valence-corrected chi connectivity index (χ4v) is 4.21. The normalized spacial score (nSPS) is 22.9. The van der Waals surface area contributed by atoms with Crippen molar-refractivity contribution < 1.29 is 4.79 Å². The van der Waals surface area contributed by atoms with Gasteiger partial charge in [-0.3, -0.25) is 4.79 Å². The largest absolute Gasteiger partial charge is 0.341 e. The van der Waals surface area contributed by atoms with Gasteiger partial charge < -0.3 is 9.80 Å². The Labute approximate surface area is 160 Å². The van der Waals surface area contributed by atoms with E-state index in [0.29, 0.717) is 18.4 Å². The molecular weight excluding hydrogens is 340 g/mol. The maximum absolute atomic E-state index is 11.7. The first-order chi connectivity index (χ1) is 12.8. The van der Waals surface area contributed by atoms with E-state index in [0.717, 1.165) is 56.1 Å². The lowest BCUT2D eigenvalue weighted by Crippen LogP contribution is -2.43. The molecule has 4 heterocycles. The molecule has 4 rings (SSSR count). The molecule has 0 bridgehead atoms. The highest BCUT2D eigenvalue weighted by molar-refractivity contribution is 5.78. The van der Waals surface area contributed by atoms with Crippen molar-refractivity contribution >= 4 is 11.6 Å². The number of hydrogen-bond acceptors (Lipinski definition) is 5. The molecule has 2 aromatic heterocycles. The fourth-order valence-electron chi connectivity index (χ4n) is 4.21. The number of carbonyl (C=O) groups is 1. The van der Waals surface area contributed by atoms with Crippen LogP contribution in [-0.4, -0.2) is 68.2 Å². The molecule has 0 aliphatic carbocycles. The molecule has 2 aliphatic heterocycles. The van der Waals surface area contributed by atoms with Crippen molar-refractivity contribution in [2.75, 3.05) is 26.7 Å². The van der Waals surface area contributed by atoms with Crippen molar-refractivity contribution in [2.24, 2.45) is 0 Å². The van der Waals surface area contributed by atoms with E-state index in [9.17, 15) is 4.79 Å². The number of nitrogens with zero attached hydrogens (tertiary/aromatic N) is 6. The highest BCUT2D eigenvalue weighted by Crippen LogP contribution is 2.29. The van der Waals surface area contributed by atoms with Crippen LogP contribution in [-0.2, 0) is 10.2 Å². The van der Waals surface area contributed by atoms with Gasteiger partial charge in [-0.25, -0.2) is 0 Å². The average molecular weight is 371 g/mol. The van der Waals surface area contributed by atoms with Crippen LogP contribution < -0.4 is 0 Å². The summed E-state index contributed by atoms with van der Waals surface area (Å²) in [5.74, 6) is 1.66. The Morgan fingerprint density at radius 1 is 1.11 bits per heavy atom. The number of aromatic nitrogens is 4. The molecule has 0 aromatic carbocycles. The SMILES string of the molecule is CN1C(=O)CCC1CN1CCC(c2nnc3ccc(C(C)(C)C)nn23)CC1. The summed E-state index contributed by atoms with van der Waals surface area (Å²) in [6.07, 6.45) is 3.81. The lowest BCUT2D eigenvalue weighted by molar-refractivity contribution is -0.127. The second kappa shape index (κ2) is 6.86. The zero-order chi connectivity index (χ0) is 19.2. The zero-order valence-corrected chi connectivity index (χ0v) is 16.9. The molecule has 146 valence electrons. The van der Waals surface area contributed by atoms with E-state index in [2.05, 4.69) is 41.9 Å². The van der Waals surface area contributed by atoms with Gasteiger partial charge in [0.05, 0.1) is 5.69 Å². The van der Waals surface area contributed by atoms with E-state index in [1.165, 1.54) is 0 Å². The second-order valence-corrected chi connectivity index (χ2v) is 9.07. The first-order valence-electron chi connectivity index (χ1n) is 10.0. The number of carbonyl (C=O) groups excluding carboxylic acids is 1. The van der Waals surface area contributed by atoms with Crippen LogP contribution in [0.5, 0.6) is 0 Å². The minimum absolute atomic E-state index is 0.00381. The van der Waals surface area contributed by atoms with Crippen molar-refractivity contribution in [3.63, 3.8) is 0 Å². The van der Waals surface area contributed by atoms with E-state index in [-0.39, 0.29) is 11.3 Å². The van der Waals surface area contributed by atoms with E-state index < -0.39 is 0 Å². The number of piperidine rings is 1. The van der Waals surface area contributed by atoms with Gasteiger partial charge in [0, 0.05) is 37.4 Å². The maximum Gasteiger partial charge on any atom is 0.222 e. The lowest BCUT2D eigenvalue weighted by atomic mass is 9.92. The Morgan fingerprint density at radius 2 is 1.85 bits per heavy atom. The number of fused-ring (bicyclic) bond motifs is 1. The molecule has 2 saturated heterocycles. The monoisotopic (exact) mass is 370 g/mol. The molecule has 0 saturated carbocycles. The smallest absolute Gasteiger partial charge is 0.222 e. The van der Waals surface area contributed by atoms with Gasteiger partial charge >= 0.3 is 0 Å². The van der Waals surface area contributed by atoms with E-state index in [4.69, 9.17) is 5.10 Å². The number of rotatable bonds is 3. The molecule has 1 atom stereocenters. The predicted molar refractivity (Wildman–Crippen MR) is 104 cm³/mol. The first-order valence-corrected chi connectivity index (χ1v) is 10.0.